The topological polar surface area (TPSA) is 45.3 Å². The largest absolute Gasteiger partial charge is 0.455 e. The highest BCUT2D eigenvalue weighted by Crippen LogP contribution is 2.66. The van der Waals surface area contributed by atoms with Crippen molar-refractivity contribution >= 4 is 23.3 Å². The SMILES string of the molecule is Cc1ccc(Cl)cc1N1CCN(CC2C(=O)OC34C(CCC5(C)OC53)C(C)CCC24)CC1. The van der Waals surface area contributed by atoms with Gasteiger partial charge in [0.1, 0.15) is 11.7 Å². The number of aryl methyl sites for hydroxylation is 1. The number of halogens is 1. The van der Waals surface area contributed by atoms with E-state index < -0.39 is 0 Å². The number of carbonyl (C=O) groups excluding carboxylic acids is 1. The lowest BCUT2D eigenvalue weighted by Crippen LogP contribution is -2.58. The van der Waals surface area contributed by atoms with Gasteiger partial charge >= 0.3 is 5.97 Å². The van der Waals surface area contributed by atoms with Crippen LogP contribution in [-0.4, -0.2) is 60.9 Å². The second-order valence-electron chi connectivity index (χ2n) is 11.2. The van der Waals surface area contributed by atoms with E-state index in [9.17, 15) is 4.79 Å². The monoisotopic (exact) mass is 458 g/mol. The number of epoxide rings is 1. The molecule has 6 heteroatoms. The Morgan fingerprint density at radius 3 is 2.69 bits per heavy atom. The Labute approximate surface area is 196 Å². The predicted octanol–water partition coefficient (Wildman–Crippen LogP) is 4.30. The third-order valence-electron chi connectivity index (χ3n) is 9.43. The van der Waals surface area contributed by atoms with Gasteiger partial charge in [-0.05, 0) is 63.1 Å². The number of fused-ring (bicyclic) bond motifs is 1. The quantitative estimate of drug-likeness (QED) is 0.499. The Morgan fingerprint density at radius 1 is 1.12 bits per heavy atom. The van der Waals surface area contributed by atoms with Gasteiger partial charge in [0.2, 0.25) is 0 Å². The van der Waals surface area contributed by atoms with E-state index >= 15 is 0 Å². The van der Waals surface area contributed by atoms with Gasteiger partial charge in [0.15, 0.2) is 0 Å². The molecule has 7 atom stereocenters. The Kier molecular flexibility index (Phi) is 4.88. The first-order chi connectivity index (χ1) is 15.3. The van der Waals surface area contributed by atoms with E-state index in [1.165, 1.54) is 17.7 Å². The van der Waals surface area contributed by atoms with E-state index in [-0.39, 0.29) is 29.2 Å². The minimum atomic E-state index is -0.369. The molecule has 1 spiro atoms. The van der Waals surface area contributed by atoms with Crippen LogP contribution in [0.3, 0.4) is 0 Å². The molecule has 5 fully saturated rings. The number of rotatable bonds is 3. The lowest BCUT2D eigenvalue weighted by atomic mass is 9.55. The van der Waals surface area contributed by atoms with Crippen molar-refractivity contribution in [3.8, 4) is 0 Å². The van der Waals surface area contributed by atoms with Crippen LogP contribution in [0.4, 0.5) is 5.69 Å². The van der Waals surface area contributed by atoms with E-state index in [0.29, 0.717) is 17.8 Å². The van der Waals surface area contributed by atoms with Crippen molar-refractivity contribution < 1.29 is 14.3 Å². The average molecular weight is 459 g/mol. The minimum Gasteiger partial charge on any atom is -0.455 e. The van der Waals surface area contributed by atoms with E-state index in [0.717, 1.165) is 57.0 Å². The van der Waals surface area contributed by atoms with Gasteiger partial charge in [-0.25, -0.2) is 0 Å². The van der Waals surface area contributed by atoms with Crippen LogP contribution in [-0.2, 0) is 14.3 Å². The van der Waals surface area contributed by atoms with Gasteiger partial charge in [0.25, 0.3) is 0 Å². The molecule has 174 valence electrons. The number of nitrogens with zero attached hydrogens (tertiary/aromatic N) is 2. The molecule has 7 unspecified atom stereocenters. The van der Waals surface area contributed by atoms with Crippen molar-refractivity contribution in [2.75, 3.05) is 37.6 Å². The molecule has 0 N–H and O–H groups in total. The molecule has 5 nitrogen and oxygen atoms in total. The fraction of sp³-hybridized carbons (Fsp3) is 0.731. The number of hydrogen-bond acceptors (Lipinski definition) is 5. The highest BCUT2D eigenvalue weighted by molar-refractivity contribution is 6.30. The summed E-state index contributed by atoms with van der Waals surface area (Å²) < 4.78 is 12.7. The van der Waals surface area contributed by atoms with Crippen LogP contribution >= 0.6 is 11.6 Å². The average Bonchev–Trinajstić information content (AvgIpc) is 3.40. The predicted molar refractivity (Wildman–Crippen MR) is 125 cm³/mol. The summed E-state index contributed by atoms with van der Waals surface area (Å²) in [6, 6.07) is 6.12. The van der Waals surface area contributed by atoms with Crippen molar-refractivity contribution in [2.24, 2.45) is 23.7 Å². The maximum absolute atomic E-state index is 13.3. The number of anilines is 1. The maximum Gasteiger partial charge on any atom is 0.311 e. The van der Waals surface area contributed by atoms with Gasteiger partial charge < -0.3 is 14.4 Å². The molecular formula is C26H35ClN2O3. The van der Waals surface area contributed by atoms with E-state index in [2.05, 4.69) is 42.7 Å². The van der Waals surface area contributed by atoms with Gasteiger partial charge in [-0.3, -0.25) is 9.69 Å². The molecule has 2 saturated carbocycles. The highest BCUT2D eigenvalue weighted by Gasteiger charge is 2.77. The molecule has 3 aliphatic heterocycles. The third kappa shape index (κ3) is 3.07. The van der Waals surface area contributed by atoms with Crippen LogP contribution < -0.4 is 4.90 Å². The molecule has 1 aromatic carbocycles. The molecule has 1 aromatic rings. The molecule has 3 heterocycles. The number of ether oxygens (including phenoxy) is 2. The first kappa shape index (κ1) is 21.2. The molecular weight excluding hydrogens is 424 g/mol. The number of esters is 1. The maximum atomic E-state index is 13.3. The standard InChI is InChI=1S/C26H35ClN2O3/c1-16-5-7-21-19(23(30)31-26(21)20(16)8-9-25(3)24(26)32-25)15-28-10-12-29(13-11-28)22-14-18(27)6-4-17(22)2/h4,6,14,16,19-21,24H,5,7-13,15H2,1-3H3. The minimum absolute atomic E-state index is 0.0176. The summed E-state index contributed by atoms with van der Waals surface area (Å²) in [7, 11) is 0. The Bertz CT molecular complexity index is 932. The van der Waals surface area contributed by atoms with Crippen LogP contribution in [0.5, 0.6) is 0 Å². The van der Waals surface area contributed by atoms with Crippen LogP contribution in [0.2, 0.25) is 5.02 Å². The van der Waals surface area contributed by atoms with Gasteiger partial charge in [0, 0.05) is 55.3 Å². The van der Waals surface area contributed by atoms with Crippen molar-refractivity contribution in [3.63, 3.8) is 0 Å². The fourth-order valence-electron chi connectivity index (χ4n) is 7.63. The highest BCUT2D eigenvalue weighted by atomic mass is 35.5. The van der Waals surface area contributed by atoms with Gasteiger partial charge in [-0.1, -0.05) is 24.6 Å². The van der Waals surface area contributed by atoms with E-state index in [4.69, 9.17) is 21.1 Å². The number of carbonyl (C=O) groups is 1. The molecule has 0 aromatic heterocycles. The van der Waals surface area contributed by atoms with Crippen molar-refractivity contribution in [3.05, 3.63) is 28.8 Å². The number of piperazine rings is 1. The molecule has 0 amide bonds. The van der Waals surface area contributed by atoms with Crippen molar-refractivity contribution in [1.29, 1.82) is 0 Å². The first-order valence-electron chi connectivity index (χ1n) is 12.5. The normalized spacial score (nSPS) is 43.3. The second kappa shape index (κ2) is 7.35. The van der Waals surface area contributed by atoms with Gasteiger partial charge in [-0.15, -0.1) is 0 Å². The molecule has 0 bridgehead atoms. The molecule has 32 heavy (non-hydrogen) atoms. The lowest BCUT2D eigenvalue weighted by molar-refractivity contribution is -0.168. The summed E-state index contributed by atoms with van der Waals surface area (Å²) in [5.74, 6) is 1.38. The third-order valence-corrected chi connectivity index (χ3v) is 9.66. The second-order valence-corrected chi connectivity index (χ2v) is 11.7. The lowest BCUT2D eigenvalue weighted by Gasteiger charge is -2.50. The van der Waals surface area contributed by atoms with Crippen LogP contribution in [0.1, 0.15) is 45.1 Å². The summed E-state index contributed by atoms with van der Waals surface area (Å²) in [4.78, 5) is 18.2. The van der Waals surface area contributed by atoms with E-state index in [1.54, 1.807) is 0 Å². The van der Waals surface area contributed by atoms with Crippen molar-refractivity contribution in [1.82, 2.24) is 4.90 Å². The summed E-state index contributed by atoms with van der Waals surface area (Å²) >= 11 is 6.25. The fourth-order valence-corrected chi connectivity index (χ4v) is 7.80. The smallest absolute Gasteiger partial charge is 0.311 e. The zero-order valence-electron chi connectivity index (χ0n) is 19.5. The van der Waals surface area contributed by atoms with E-state index in [1.807, 2.05) is 6.07 Å². The molecule has 2 aliphatic carbocycles. The van der Waals surface area contributed by atoms with Crippen molar-refractivity contribution in [2.45, 2.75) is 63.8 Å². The zero-order valence-corrected chi connectivity index (χ0v) is 20.2. The molecule has 3 saturated heterocycles. The first-order valence-corrected chi connectivity index (χ1v) is 12.8. The van der Waals surface area contributed by atoms with Crippen LogP contribution in [0, 0.1) is 30.6 Å². The van der Waals surface area contributed by atoms with Crippen LogP contribution in [0.25, 0.3) is 0 Å². The van der Waals surface area contributed by atoms with Crippen LogP contribution in [0.15, 0.2) is 18.2 Å². The molecule has 0 radical (unpaired) electrons. The summed E-state index contributed by atoms with van der Waals surface area (Å²) in [5, 5.41) is 0.787. The molecule has 6 rings (SSSR count). The Balaban J connectivity index is 1.17. The van der Waals surface area contributed by atoms with Gasteiger partial charge in [0.05, 0.1) is 11.5 Å². The summed E-state index contributed by atoms with van der Waals surface area (Å²) in [6.07, 6.45) is 4.63. The Hall–Kier alpha value is -1.30. The zero-order chi connectivity index (χ0) is 22.3. The number of benzene rings is 1. The van der Waals surface area contributed by atoms with Gasteiger partial charge in [-0.2, -0.15) is 0 Å². The molecule has 5 aliphatic rings. The Morgan fingerprint density at radius 2 is 1.91 bits per heavy atom. The number of hydrogen-bond donors (Lipinski definition) is 0. The summed E-state index contributed by atoms with van der Waals surface area (Å²) in [5.41, 5.74) is 2.05. The summed E-state index contributed by atoms with van der Waals surface area (Å²) in [6.45, 7) is 11.4.